The minimum Gasteiger partial charge on any atom is -0.396 e. The van der Waals surface area contributed by atoms with Gasteiger partial charge in [0.2, 0.25) is 0 Å². The maximum absolute atomic E-state index is 9.37. The van der Waals surface area contributed by atoms with Gasteiger partial charge in [-0.3, -0.25) is 4.90 Å². The molecular weight excluding hydrogens is 306 g/mol. The largest absolute Gasteiger partial charge is 0.396 e. The summed E-state index contributed by atoms with van der Waals surface area (Å²) in [5.74, 6) is 0. The molecule has 0 saturated heterocycles. The van der Waals surface area contributed by atoms with Gasteiger partial charge in [-0.1, -0.05) is 91.0 Å². The van der Waals surface area contributed by atoms with Gasteiger partial charge in [0, 0.05) is 13.2 Å². The highest BCUT2D eigenvalue weighted by Gasteiger charge is 2.39. The second-order valence-electron chi connectivity index (χ2n) is 6.31. The van der Waals surface area contributed by atoms with Crippen LogP contribution in [0.25, 0.3) is 0 Å². The highest BCUT2D eigenvalue weighted by atomic mass is 16.3. The predicted octanol–water partition coefficient (Wildman–Crippen LogP) is 4.29. The van der Waals surface area contributed by atoms with Crippen molar-refractivity contribution < 1.29 is 5.11 Å². The van der Waals surface area contributed by atoms with Gasteiger partial charge in [-0.05, 0) is 30.2 Å². The van der Waals surface area contributed by atoms with Crippen molar-refractivity contribution in [2.75, 3.05) is 20.2 Å². The Labute approximate surface area is 150 Å². The summed E-state index contributed by atoms with van der Waals surface area (Å²) >= 11 is 0. The maximum atomic E-state index is 9.37. The number of hydrogen-bond donors (Lipinski definition) is 1. The summed E-state index contributed by atoms with van der Waals surface area (Å²) in [6.07, 6.45) is 0.741. The van der Waals surface area contributed by atoms with Crippen LogP contribution in [-0.4, -0.2) is 30.2 Å². The molecule has 3 aromatic carbocycles. The molecule has 0 amide bonds. The molecule has 2 nitrogen and oxygen atoms in total. The van der Waals surface area contributed by atoms with Crippen LogP contribution in [0.3, 0.4) is 0 Å². The molecule has 0 atom stereocenters. The van der Waals surface area contributed by atoms with Crippen molar-refractivity contribution in [3.05, 3.63) is 108 Å². The average molecular weight is 331 g/mol. The second kappa shape index (κ2) is 8.11. The van der Waals surface area contributed by atoms with Crippen LogP contribution in [0.5, 0.6) is 0 Å². The van der Waals surface area contributed by atoms with Gasteiger partial charge in [0.25, 0.3) is 0 Å². The third-order valence-electron chi connectivity index (χ3n) is 4.80. The lowest BCUT2D eigenvalue weighted by Gasteiger charge is -2.44. The first kappa shape index (κ1) is 17.4. The molecule has 25 heavy (non-hydrogen) atoms. The van der Waals surface area contributed by atoms with Gasteiger partial charge in [0.15, 0.2) is 0 Å². The van der Waals surface area contributed by atoms with Crippen molar-refractivity contribution in [3.8, 4) is 0 Å². The summed E-state index contributed by atoms with van der Waals surface area (Å²) in [6.45, 7) is 0.994. The summed E-state index contributed by atoms with van der Waals surface area (Å²) in [4.78, 5) is 2.35. The summed E-state index contributed by atoms with van der Waals surface area (Å²) in [5, 5.41) is 9.37. The molecule has 3 aromatic rings. The van der Waals surface area contributed by atoms with E-state index in [-0.39, 0.29) is 12.1 Å². The smallest absolute Gasteiger partial charge is 0.0970 e. The van der Waals surface area contributed by atoms with Crippen LogP contribution in [0.1, 0.15) is 23.1 Å². The molecule has 3 rings (SSSR count). The Balaban J connectivity index is 2.28. The Kier molecular flexibility index (Phi) is 5.64. The van der Waals surface area contributed by atoms with E-state index in [1.165, 1.54) is 16.7 Å². The Morgan fingerprint density at radius 2 is 1.04 bits per heavy atom. The molecule has 0 aliphatic carbocycles. The third-order valence-corrected chi connectivity index (χ3v) is 4.80. The van der Waals surface area contributed by atoms with Crippen molar-refractivity contribution >= 4 is 0 Å². The van der Waals surface area contributed by atoms with Crippen molar-refractivity contribution in [3.63, 3.8) is 0 Å². The van der Waals surface area contributed by atoms with Crippen molar-refractivity contribution in [2.24, 2.45) is 0 Å². The van der Waals surface area contributed by atoms with Gasteiger partial charge in [0.1, 0.15) is 0 Å². The standard InChI is InChI=1S/C23H25NO/c1-24(18-11-19-25)23(20-12-5-2-6-13-20,21-14-7-3-8-15-21)22-16-9-4-10-17-22/h2-10,12-17,25H,11,18-19H2,1H3. The number of aliphatic hydroxyl groups excluding tert-OH is 1. The van der Waals surface area contributed by atoms with E-state index in [0.717, 1.165) is 13.0 Å². The molecule has 0 saturated carbocycles. The SMILES string of the molecule is CN(CCCO)C(c1ccccc1)(c1ccccc1)c1ccccc1. The van der Waals surface area contributed by atoms with Gasteiger partial charge in [-0.15, -0.1) is 0 Å². The zero-order valence-electron chi connectivity index (χ0n) is 14.7. The fraction of sp³-hybridized carbons (Fsp3) is 0.217. The molecule has 1 N–H and O–H groups in total. The van der Waals surface area contributed by atoms with Crippen LogP contribution in [-0.2, 0) is 5.54 Å². The summed E-state index contributed by atoms with van der Waals surface area (Å²) in [7, 11) is 2.14. The number of hydrogen-bond acceptors (Lipinski definition) is 2. The topological polar surface area (TPSA) is 23.5 Å². The van der Waals surface area contributed by atoms with Gasteiger partial charge >= 0.3 is 0 Å². The molecule has 0 spiro atoms. The van der Waals surface area contributed by atoms with Gasteiger partial charge in [-0.2, -0.15) is 0 Å². The molecule has 0 radical (unpaired) electrons. The van der Waals surface area contributed by atoms with E-state index in [2.05, 4.69) is 103 Å². The first-order valence-electron chi connectivity index (χ1n) is 8.79. The molecule has 0 bridgehead atoms. The normalized spacial score (nSPS) is 11.6. The Hall–Kier alpha value is -2.42. The van der Waals surface area contributed by atoms with Crippen LogP contribution in [0.15, 0.2) is 91.0 Å². The lowest BCUT2D eigenvalue weighted by molar-refractivity contribution is 0.175. The molecule has 128 valence electrons. The second-order valence-corrected chi connectivity index (χ2v) is 6.31. The Bertz CT molecular complexity index is 659. The van der Waals surface area contributed by atoms with E-state index in [9.17, 15) is 5.11 Å². The van der Waals surface area contributed by atoms with Crippen molar-refractivity contribution in [2.45, 2.75) is 12.0 Å². The lowest BCUT2D eigenvalue weighted by atomic mass is 9.75. The Morgan fingerprint density at radius 3 is 1.36 bits per heavy atom. The summed E-state index contributed by atoms with van der Waals surface area (Å²) in [6, 6.07) is 31.9. The minimum atomic E-state index is -0.390. The molecule has 0 aliphatic heterocycles. The van der Waals surface area contributed by atoms with Crippen molar-refractivity contribution in [1.82, 2.24) is 4.90 Å². The fourth-order valence-corrected chi connectivity index (χ4v) is 3.67. The van der Waals surface area contributed by atoms with E-state index >= 15 is 0 Å². The van der Waals surface area contributed by atoms with E-state index in [1.807, 2.05) is 0 Å². The molecule has 0 unspecified atom stereocenters. The number of aliphatic hydroxyl groups is 1. The number of benzene rings is 3. The average Bonchev–Trinajstić information content (AvgIpc) is 2.69. The number of rotatable bonds is 7. The summed E-state index contributed by atoms with van der Waals surface area (Å²) < 4.78 is 0. The molecule has 0 heterocycles. The Morgan fingerprint density at radius 1 is 0.680 bits per heavy atom. The monoisotopic (exact) mass is 331 g/mol. The maximum Gasteiger partial charge on any atom is 0.0970 e. The molecule has 0 aliphatic rings. The van der Waals surface area contributed by atoms with Crippen LogP contribution in [0, 0.1) is 0 Å². The molecule has 2 heteroatoms. The fourth-order valence-electron chi connectivity index (χ4n) is 3.67. The van der Waals surface area contributed by atoms with E-state index in [1.54, 1.807) is 0 Å². The third kappa shape index (κ3) is 3.37. The highest BCUT2D eigenvalue weighted by molar-refractivity contribution is 5.49. The van der Waals surface area contributed by atoms with Crippen LogP contribution in [0.4, 0.5) is 0 Å². The van der Waals surface area contributed by atoms with Gasteiger partial charge in [0.05, 0.1) is 5.54 Å². The lowest BCUT2D eigenvalue weighted by Crippen LogP contribution is -2.46. The quantitative estimate of drug-likeness (QED) is 0.653. The first-order chi connectivity index (χ1) is 12.3. The van der Waals surface area contributed by atoms with E-state index in [4.69, 9.17) is 0 Å². The number of nitrogens with zero attached hydrogens (tertiary/aromatic N) is 1. The van der Waals surface area contributed by atoms with E-state index < -0.39 is 0 Å². The van der Waals surface area contributed by atoms with Crippen LogP contribution < -0.4 is 0 Å². The van der Waals surface area contributed by atoms with Crippen LogP contribution >= 0.6 is 0 Å². The minimum absolute atomic E-state index is 0.193. The van der Waals surface area contributed by atoms with Gasteiger partial charge < -0.3 is 5.11 Å². The predicted molar refractivity (Wildman–Crippen MR) is 104 cm³/mol. The van der Waals surface area contributed by atoms with E-state index in [0.29, 0.717) is 0 Å². The zero-order valence-corrected chi connectivity index (χ0v) is 14.7. The molecule has 0 fully saturated rings. The summed E-state index contributed by atoms with van der Waals surface area (Å²) in [5.41, 5.74) is 3.30. The first-order valence-corrected chi connectivity index (χ1v) is 8.79. The molecular formula is C23H25NO. The van der Waals surface area contributed by atoms with Crippen molar-refractivity contribution in [1.29, 1.82) is 0 Å². The van der Waals surface area contributed by atoms with Crippen LogP contribution in [0.2, 0.25) is 0 Å². The zero-order chi connectivity index (χ0) is 17.5. The van der Waals surface area contributed by atoms with Gasteiger partial charge in [-0.25, -0.2) is 0 Å². The highest BCUT2D eigenvalue weighted by Crippen LogP contribution is 2.41. The molecule has 0 aromatic heterocycles.